The van der Waals surface area contributed by atoms with Crippen molar-refractivity contribution in [1.82, 2.24) is 20.4 Å². The molecular formula is C15H21ClN4O2. The lowest BCUT2D eigenvalue weighted by atomic mass is 10.2. The normalized spacial score (nSPS) is 10.2. The van der Waals surface area contributed by atoms with Crippen molar-refractivity contribution in [3.05, 3.63) is 40.8 Å². The zero-order valence-corrected chi connectivity index (χ0v) is 13.4. The zero-order valence-electron chi connectivity index (χ0n) is 12.5. The highest BCUT2D eigenvalue weighted by Crippen LogP contribution is 2.05. The second kappa shape index (κ2) is 9.17. The zero-order chi connectivity index (χ0) is 15.1. The van der Waals surface area contributed by atoms with E-state index in [1.807, 2.05) is 12.1 Å². The average molecular weight is 325 g/mol. The molecule has 2 aromatic rings. The van der Waals surface area contributed by atoms with Crippen molar-refractivity contribution >= 4 is 29.1 Å². The highest BCUT2D eigenvalue weighted by molar-refractivity contribution is 5.85. The molecule has 0 aliphatic carbocycles. The summed E-state index contributed by atoms with van der Waals surface area (Å²) in [6.45, 7) is 4.23. The molecule has 7 heteroatoms. The van der Waals surface area contributed by atoms with Gasteiger partial charge in [0, 0.05) is 18.5 Å². The SMILES string of the molecule is CCCNCCNC(=O)Cn1ncc2ccccc2c1=O.Cl. The lowest BCUT2D eigenvalue weighted by Crippen LogP contribution is -2.37. The lowest BCUT2D eigenvalue weighted by molar-refractivity contribution is -0.121. The molecular weight excluding hydrogens is 304 g/mol. The first-order valence-corrected chi connectivity index (χ1v) is 7.14. The fraction of sp³-hybridized carbons (Fsp3) is 0.400. The number of carbonyl (C=O) groups excluding carboxylic acids is 1. The Kier molecular flexibility index (Phi) is 7.56. The number of benzene rings is 1. The molecule has 0 saturated carbocycles. The van der Waals surface area contributed by atoms with Gasteiger partial charge in [0.05, 0.1) is 11.6 Å². The molecule has 0 radical (unpaired) electrons. The van der Waals surface area contributed by atoms with E-state index in [1.54, 1.807) is 18.3 Å². The van der Waals surface area contributed by atoms with E-state index in [4.69, 9.17) is 0 Å². The maximum Gasteiger partial charge on any atom is 0.275 e. The summed E-state index contributed by atoms with van der Waals surface area (Å²) >= 11 is 0. The lowest BCUT2D eigenvalue weighted by Gasteiger charge is -2.08. The van der Waals surface area contributed by atoms with Gasteiger partial charge in [-0.15, -0.1) is 12.4 Å². The van der Waals surface area contributed by atoms with E-state index in [0.717, 1.165) is 24.9 Å². The molecule has 0 spiro atoms. The highest BCUT2D eigenvalue weighted by atomic mass is 35.5. The van der Waals surface area contributed by atoms with Crippen molar-refractivity contribution in [2.45, 2.75) is 19.9 Å². The molecule has 22 heavy (non-hydrogen) atoms. The number of nitrogens with zero attached hydrogens (tertiary/aromatic N) is 2. The van der Waals surface area contributed by atoms with Crippen LogP contribution in [0.15, 0.2) is 35.3 Å². The summed E-state index contributed by atoms with van der Waals surface area (Å²) < 4.78 is 1.19. The van der Waals surface area contributed by atoms with Gasteiger partial charge in [-0.3, -0.25) is 9.59 Å². The Balaban J connectivity index is 0.00000242. The van der Waals surface area contributed by atoms with Crippen LogP contribution in [-0.4, -0.2) is 35.3 Å². The van der Waals surface area contributed by atoms with Crippen molar-refractivity contribution in [1.29, 1.82) is 0 Å². The number of nitrogens with one attached hydrogen (secondary N) is 2. The molecule has 6 nitrogen and oxygen atoms in total. The maximum atomic E-state index is 12.2. The molecule has 1 heterocycles. The third-order valence-corrected chi connectivity index (χ3v) is 3.11. The van der Waals surface area contributed by atoms with Gasteiger partial charge < -0.3 is 10.6 Å². The van der Waals surface area contributed by atoms with Crippen molar-refractivity contribution < 1.29 is 4.79 Å². The molecule has 2 rings (SSSR count). The summed E-state index contributed by atoms with van der Waals surface area (Å²) in [6.07, 6.45) is 2.66. The van der Waals surface area contributed by atoms with Crippen LogP contribution in [0.2, 0.25) is 0 Å². The van der Waals surface area contributed by atoms with E-state index >= 15 is 0 Å². The molecule has 2 N–H and O–H groups in total. The van der Waals surface area contributed by atoms with Crippen LogP contribution in [0.5, 0.6) is 0 Å². The Bertz CT molecular complexity index is 672. The molecule has 0 aliphatic heterocycles. The highest BCUT2D eigenvalue weighted by Gasteiger charge is 2.07. The van der Waals surface area contributed by atoms with Crippen LogP contribution in [0.4, 0.5) is 0 Å². The Labute approximate surface area is 135 Å². The van der Waals surface area contributed by atoms with Gasteiger partial charge in [-0.1, -0.05) is 25.1 Å². The number of hydrogen-bond acceptors (Lipinski definition) is 4. The first kappa shape index (κ1) is 18.1. The van der Waals surface area contributed by atoms with Gasteiger partial charge in [0.15, 0.2) is 0 Å². The van der Waals surface area contributed by atoms with Crippen LogP contribution in [0.1, 0.15) is 13.3 Å². The minimum atomic E-state index is -0.243. The summed E-state index contributed by atoms with van der Waals surface area (Å²) in [4.78, 5) is 24.0. The molecule has 1 aromatic carbocycles. The largest absolute Gasteiger partial charge is 0.353 e. The topological polar surface area (TPSA) is 76.0 Å². The fourth-order valence-electron chi connectivity index (χ4n) is 2.02. The monoisotopic (exact) mass is 324 g/mol. The van der Waals surface area contributed by atoms with Crippen molar-refractivity contribution in [3.8, 4) is 0 Å². The summed E-state index contributed by atoms with van der Waals surface area (Å²) in [5.41, 5.74) is -0.243. The molecule has 0 saturated heterocycles. The fourth-order valence-corrected chi connectivity index (χ4v) is 2.02. The van der Waals surface area contributed by atoms with Gasteiger partial charge >= 0.3 is 0 Å². The average Bonchev–Trinajstić information content (AvgIpc) is 2.50. The standard InChI is InChI=1S/C15H20N4O2.ClH/c1-2-7-16-8-9-17-14(20)11-19-15(21)13-6-4-3-5-12(13)10-18-19;/h3-6,10,16H,2,7-9,11H2,1H3,(H,17,20);1H. The molecule has 0 unspecified atom stereocenters. The molecule has 1 aromatic heterocycles. The Morgan fingerprint density at radius 2 is 2.00 bits per heavy atom. The number of amides is 1. The first-order valence-electron chi connectivity index (χ1n) is 7.14. The van der Waals surface area contributed by atoms with E-state index in [0.29, 0.717) is 11.9 Å². The number of carbonyl (C=O) groups is 1. The molecule has 0 bridgehead atoms. The van der Waals surface area contributed by atoms with Gasteiger partial charge in [-0.25, -0.2) is 4.68 Å². The predicted octanol–water partition coefficient (Wildman–Crippen LogP) is 0.934. The Morgan fingerprint density at radius 1 is 1.23 bits per heavy atom. The van der Waals surface area contributed by atoms with Crippen LogP contribution >= 0.6 is 12.4 Å². The van der Waals surface area contributed by atoms with Crippen LogP contribution in [0, 0.1) is 0 Å². The quantitative estimate of drug-likeness (QED) is 0.743. The van der Waals surface area contributed by atoms with Crippen molar-refractivity contribution in [2.24, 2.45) is 0 Å². The minimum Gasteiger partial charge on any atom is -0.353 e. The third kappa shape index (κ3) is 4.82. The maximum absolute atomic E-state index is 12.2. The van der Waals surface area contributed by atoms with Crippen LogP contribution in [0.3, 0.4) is 0 Å². The predicted molar refractivity (Wildman–Crippen MR) is 89.4 cm³/mol. The van der Waals surface area contributed by atoms with Gasteiger partial charge in [0.1, 0.15) is 6.54 Å². The summed E-state index contributed by atoms with van der Waals surface area (Å²) in [7, 11) is 0. The molecule has 120 valence electrons. The van der Waals surface area contributed by atoms with E-state index in [2.05, 4.69) is 22.7 Å². The van der Waals surface area contributed by atoms with E-state index in [1.165, 1.54) is 4.68 Å². The number of fused-ring (bicyclic) bond motifs is 1. The Hall–Kier alpha value is -1.92. The van der Waals surface area contributed by atoms with Crippen molar-refractivity contribution in [2.75, 3.05) is 19.6 Å². The molecule has 0 aliphatic rings. The summed E-state index contributed by atoms with van der Waals surface area (Å²) in [5, 5.41) is 11.3. The van der Waals surface area contributed by atoms with Crippen LogP contribution < -0.4 is 16.2 Å². The van der Waals surface area contributed by atoms with E-state index < -0.39 is 0 Å². The summed E-state index contributed by atoms with van der Waals surface area (Å²) in [5.74, 6) is -0.210. The minimum absolute atomic E-state index is 0. The van der Waals surface area contributed by atoms with Crippen LogP contribution in [-0.2, 0) is 11.3 Å². The van der Waals surface area contributed by atoms with E-state index in [9.17, 15) is 9.59 Å². The van der Waals surface area contributed by atoms with E-state index in [-0.39, 0.29) is 30.4 Å². The molecule has 0 atom stereocenters. The Morgan fingerprint density at radius 3 is 2.77 bits per heavy atom. The molecule has 1 amide bonds. The number of hydrogen-bond donors (Lipinski definition) is 2. The van der Waals surface area contributed by atoms with Gasteiger partial charge in [0.2, 0.25) is 5.91 Å². The number of aromatic nitrogens is 2. The third-order valence-electron chi connectivity index (χ3n) is 3.11. The number of rotatable bonds is 7. The second-order valence-electron chi connectivity index (χ2n) is 4.79. The number of halogens is 1. The van der Waals surface area contributed by atoms with Crippen molar-refractivity contribution in [3.63, 3.8) is 0 Å². The van der Waals surface area contributed by atoms with Gasteiger partial charge in [-0.05, 0) is 19.0 Å². The van der Waals surface area contributed by atoms with Gasteiger partial charge in [-0.2, -0.15) is 5.10 Å². The first-order chi connectivity index (χ1) is 10.2. The second-order valence-corrected chi connectivity index (χ2v) is 4.79. The summed E-state index contributed by atoms with van der Waals surface area (Å²) in [6, 6.07) is 7.22. The molecule has 0 fully saturated rings. The smallest absolute Gasteiger partial charge is 0.275 e. The van der Waals surface area contributed by atoms with Crippen LogP contribution in [0.25, 0.3) is 10.8 Å². The van der Waals surface area contributed by atoms with Gasteiger partial charge in [0.25, 0.3) is 5.56 Å².